The van der Waals surface area contributed by atoms with Crippen LogP contribution in [0.5, 0.6) is 0 Å². The molecule has 2 saturated carbocycles. The molecule has 24 heavy (non-hydrogen) atoms. The van der Waals surface area contributed by atoms with Crippen LogP contribution in [0.15, 0.2) is 0 Å². The van der Waals surface area contributed by atoms with Crippen molar-refractivity contribution >= 4 is 15.8 Å². The number of ketones is 1. The number of aliphatic hydroxyl groups is 1. The predicted octanol–water partition coefficient (Wildman–Crippen LogP) is 0.708. The Kier molecular flexibility index (Phi) is 4.39. The standard InChI is InChI=1S/C17H30N2O4S/c1-16(2)12-5-6-17(16,15(21)7-12)11-24(22,23)19-9-13(18(3)4)8-14(19)10-20/h12-14,20H,5-11H2,1-4H3/t12-,13-,14+,17-/m1/s1. The molecular formula is C17H30N2O4S. The number of Topliss-reactive ketones (excluding diaryl/α,β-unsaturated/α-hetero) is 1. The summed E-state index contributed by atoms with van der Waals surface area (Å²) in [6.45, 7) is 4.34. The van der Waals surface area contributed by atoms with E-state index in [-0.39, 0.29) is 35.6 Å². The summed E-state index contributed by atoms with van der Waals surface area (Å²) >= 11 is 0. The van der Waals surface area contributed by atoms with Gasteiger partial charge in [0.05, 0.1) is 12.4 Å². The van der Waals surface area contributed by atoms with Crippen molar-refractivity contribution in [2.24, 2.45) is 16.7 Å². The second-order valence-electron chi connectivity index (χ2n) is 8.68. The number of nitrogens with zero attached hydrogens (tertiary/aromatic N) is 2. The van der Waals surface area contributed by atoms with Crippen molar-refractivity contribution in [2.75, 3.05) is 33.0 Å². The molecule has 3 aliphatic rings. The van der Waals surface area contributed by atoms with Crippen molar-refractivity contribution in [1.29, 1.82) is 0 Å². The summed E-state index contributed by atoms with van der Waals surface area (Å²) in [6, 6.07) is -0.270. The summed E-state index contributed by atoms with van der Waals surface area (Å²) in [7, 11) is 0.266. The number of rotatable bonds is 5. The molecule has 6 nitrogen and oxygen atoms in total. The molecule has 0 aromatic carbocycles. The van der Waals surface area contributed by atoms with Crippen LogP contribution in [-0.4, -0.2) is 73.6 Å². The molecule has 2 aliphatic carbocycles. The lowest BCUT2D eigenvalue weighted by Crippen LogP contribution is -2.48. The van der Waals surface area contributed by atoms with Crippen LogP contribution in [0.2, 0.25) is 0 Å². The van der Waals surface area contributed by atoms with Crippen LogP contribution in [-0.2, 0) is 14.8 Å². The van der Waals surface area contributed by atoms with E-state index in [0.29, 0.717) is 31.7 Å². The Balaban J connectivity index is 1.88. The smallest absolute Gasteiger partial charge is 0.215 e. The Morgan fingerprint density at radius 3 is 2.46 bits per heavy atom. The Hall–Kier alpha value is -0.500. The van der Waals surface area contributed by atoms with Gasteiger partial charge in [-0.3, -0.25) is 4.79 Å². The number of carbonyl (C=O) groups excluding carboxylic acids is 1. The molecule has 0 spiro atoms. The van der Waals surface area contributed by atoms with E-state index < -0.39 is 15.4 Å². The third-order valence-electron chi connectivity index (χ3n) is 7.21. The van der Waals surface area contributed by atoms with E-state index in [2.05, 4.69) is 13.8 Å². The molecule has 1 heterocycles. The van der Waals surface area contributed by atoms with Gasteiger partial charge in [0.25, 0.3) is 0 Å². The Morgan fingerprint density at radius 1 is 1.33 bits per heavy atom. The molecule has 0 aromatic heterocycles. The minimum absolute atomic E-state index is 0.0982. The average Bonchev–Trinajstić information content (AvgIpc) is 3.07. The summed E-state index contributed by atoms with van der Waals surface area (Å²) in [5.41, 5.74) is -1.00. The molecule has 4 atom stereocenters. The first-order chi connectivity index (χ1) is 11.0. The molecule has 0 unspecified atom stereocenters. The molecule has 0 amide bonds. The van der Waals surface area contributed by atoms with E-state index in [0.717, 1.165) is 6.42 Å². The Labute approximate surface area is 145 Å². The number of sulfonamides is 1. The number of carbonyl (C=O) groups is 1. The molecule has 1 N–H and O–H groups in total. The van der Waals surface area contributed by atoms with Crippen molar-refractivity contribution in [2.45, 2.75) is 51.6 Å². The third kappa shape index (κ3) is 2.47. The third-order valence-corrected chi connectivity index (χ3v) is 9.23. The van der Waals surface area contributed by atoms with E-state index in [4.69, 9.17) is 0 Å². The summed E-state index contributed by atoms with van der Waals surface area (Å²) < 4.78 is 27.8. The van der Waals surface area contributed by atoms with Crippen LogP contribution in [0, 0.1) is 16.7 Å². The molecule has 0 aromatic rings. The Bertz CT molecular complexity index is 631. The number of fused-ring (bicyclic) bond motifs is 2. The van der Waals surface area contributed by atoms with Crippen molar-refractivity contribution in [3.63, 3.8) is 0 Å². The maximum Gasteiger partial charge on any atom is 0.215 e. The molecule has 138 valence electrons. The van der Waals surface area contributed by atoms with Gasteiger partial charge in [-0.25, -0.2) is 8.42 Å². The molecule has 2 bridgehead atoms. The molecule has 1 aliphatic heterocycles. The number of likely N-dealkylation sites (N-methyl/N-ethyl adjacent to an activating group) is 1. The topological polar surface area (TPSA) is 77.9 Å². The molecular weight excluding hydrogens is 328 g/mol. The first kappa shape index (κ1) is 18.3. The number of aliphatic hydroxyl groups excluding tert-OH is 1. The highest BCUT2D eigenvalue weighted by Crippen LogP contribution is 2.64. The number of hydrogen-bond acceptors (Lipinski definition) is 5. The van der Waals surface area contributed by atoms with Gasteiger partial charge in [-0.2, -0.15) is 4.31 Å². The summed E-state index contributed by atoms with van der Waals surface area (Å²) in [5, 5.41) is 9.65. The van der Waals surface area contributed by atoms with Crippen molar-refractivity contribution in [3.05, 3.63) is 0 Å². The van der Waals surface area contributed by atoms with Gasteiger partial charge in [-0.15, -0.1) is 0 Å². The maximum atomic E-state index is 13.2. The second-order valence-corrected chi connectivity index (χ2v) is 10.6. The van der Waals surface area contributed by atoms with Gasteiger partial charge in [0.1, 0.15) is 5.78 Å². The fourth-order valence-electron chi connectivity index (χ4n) is 5.25. The number of hydrogen-bond donors (Lipinski definition) is 1. The minimum Gasteiger partial charge on any atom is -0.395 e. The Morgan fingerprint density at radius 2 is 2.00 bits per heavy atom. The average molecular weight is 359 g/mol. The van der Waals surface area contributed by atoms with E-state index >= 15 is 0 Å². The molecule has 0 radical (unpaired) electrons. The normalized spacial score (nSPS) is 39.2. The minimum atomic E-state index is -3.59. The fourth-order valence-corrected chi connectivity index (χ4v) is 7.72. The van der Waals surface area contributed by atoms with Gasteiger partial charge in [0.15, 0.2) is 0 Å². The highest BCUT2D eigenvalue weighted by Gasteiger charge is 2.66. The highest BCUT2D eigenvalue weighted by molar-refractivity contribution is 7.89. The van der Waals surface area contributed by atoms with Crippen molar-refractivity contribution in [3.8, 4) is 0 Å². The highest BCUT2D eigenvalue weighted by atomic mass is 32.2. The molecule has 7 heteroatoms. The lowest BCUT2D eigenvalue weighted by molar-refractivity contribution is -0.128. The summed E-state index contributed by atoms with van der Waals surface area (Å²) in [5.74, 6) is 0.331. The van der Waals surface area contributed by atoms with Crippen LogP contribution in [0.4, 0.5) is 0 Å². The van der Waals surface area contributed by atoms with Crippen LogP contribution < -0.4 is 0 Å². The van der Waals surface area contributed by atoms with E-state index in [1.54, 1.807) is 0 Å². The van der Waals surface area contributed by atoms with Gasteiger partial charge < -0.3 is 10.0 Å². The van der Waals surface area contributed by atoms with Gasteiger partial charge in [0, 0.05) is 30.5 Å². The lowest BCUT2D eigenvalue weighted by Gasteiger charge is -2.37. The monoisotopic (exact) mass is 358 g/mol. The van der Waals surface area contributed by atoms with E-state index in [9.17, 15) is 18.3 Å². The first-order valence-corrected chi connectivity index (χ1v) is 10.5. The zero-order chi connectivity index (χ0) is 17.9. The molecule has 1 saturated heterocycles. The lowest BCUT2D eigenvalue weighted by atomic mass is 9.70. The van der Waals surface area contributed by atoms with Gasteiger partial charge in [0.2, 0.25) is 10.0 Å². The maximum absolute atomic E-state index is 13.2. The first-order valence-electron chi connectivity index (χ1n) is 8.85. The summed E-state index contributed by atoms with van der Waals surface area (Å²) in [6.07, 6.45) is 2.78. The van der Waals surface area contributed by atoms with Crippen LogP contribution >= 0.6 is 0 Å². The van der Waals surface area contributed by atoms with Gasteiger partial charge >= 0.3 is 0 Å². The zero-order valence-electron chi connectivity index (χ0n) is 15.2. The van der Waals surface area contributed by atoms with Crippen LogP contribution in [0.25, 0.3) is 0 Å². The van der Waals surface area contributed by atoms with Crippen molar-refractivity contribution < 1.29 is 18.3 Å². The van der Waals surface area contributed by atoms with Crippen molar-refractivity contribution in [1.82, 2.24) is 9.21 Å². The van der Waals surface area contributed by atoms with Gasteiger partial charge in [-0.1, -0.05) is 13.8 Å². The van der Waals surface area contributed by atoms with E-state index in [1.165, 1.54) is 4.31 Å². The quantitative estimate of drug-likeness (QED) is 0.783. The fraction of sp³-hybridized carbons (Fsp3) is 0.941. The second kappa shape index (κ2) is 5.76. The van der Waals surface area contributed by atoms with Gasteiger partial charge in [-0.05, 0) is 44.7 Å². The largest absolute Gasteiger partial charge is 0.395 e. The predicted molar refractivity (Wildman–Crippen MR) is 92.0 cm³/mol. The molecule has 3 rings (SSSR count). The van der Waals surface area contributed by atoms with E-state index in [1.807, 2.05) is 19.0 Å². The van der Waals surface area contributed by atoms with Crippen LogP contribution in [0.3, 0.4) is 0 Å². The summed E-state index contributed by atoms with van der Waals surface area (Å²) in [4.78, 5) is 14.7. The zero-order valence-corrected chi connectivity index (χ0v) is 16.0. The SMILES string of the molecule is CN(C)[C@@H]1C[C@@H](CO)N(S(=O)(=O)C[C@]23CC[C@H](CC2=O)C3(C)C)C1. The molecule has 3 fully saturated rings. The van der Waals surface area contributed by atoms with Crippen LogP contribution in [0.1, 0.15) is 39.5 Å².